The van der Waals surface area contributed by atoms with Gasteiger partial charge in [-0.05, 0) is 32.0 Å². The van der Waals surface area contributed by atoms with Crippen LogP contribution in [-0.4, -0.2) is 24.9 Å². The van der Waals surface area contributed by atoms with Crippen LogP contribution < -0.4 is 5.32 Å². The Labute approximate surface area is 149 Å². The van der Waals surface area contributed by atoms with Crippen LogP contribution in [-0.2, 0) is 0 Å². The van der Waals surface area contributed by atoms with Crippen molar-refractivity contribution in [1.82, 2.24) is 24.9 Å². The summed E-state index contributed by atoms with van der Waals surface area (Å²) in [6.45, 7) is 3.76. The van der Waals surface area contributed by atoms with Gasteiger partial charge in [0.2, 0.25) is 0 Å². The van der Waals surface area contributed by atoms with Gasteiger partial charge < -0.3 is 10.3 Å². The third-order valence-electron chi connectivity index (χ3n) is 3.92. The molecule has 7 heteroatoms. The number of anilines is 2. The second kappa shape index (κ2) is 6.26. The van der Waals surface area contributed by atoms with Crippen molar-refractivity contribution < 1.29 is 0 Å². The Morgan fingerprint density at radius 3 is 2.73 bits per heavy atom. The highest BCUT2D eigenvalue weighted by molar-refractivity contribution is 5.90. The first-order valence-electron chi connectivity index (χ1n) is 8.07. The molecule has 0 aliphatic carbocycles. The zero-order valence-electron chi connectivity index (χ0n) is 14.3. The van der Waals surface area contributed by atoms with Crippen molar-refractivity contribution in [2.45, 2.75) is 13.8 Å². The minimum atomic E-state index is 0.566. The number of H-pyrrole nitrogens is 1. The molecule has 0 unspecified atom stereocenters. The number of fused-ring (bicyclic) bond motifs is 1. The smallest absolute Gasteiger partial charge is 0.159 e. The van der Waals surface area contributed by atoms with Crippen LogP contribution in [0.5, 0.6) is 0 Å². The maximum atomic E-state index is 9.33. The Balaban J connectivity index is 1.80. The molecule has 3 heterocycles. The minimum absolute atomic E-state index is 0.566. The van der Waals surface area contributed by atoms with Gasteiger partial charge in [-0.3, -0.25) is 0 Å². The molecule has 0 fully saturated rings. The fraction of sp³-hybridized carbons (Fsp3) is 0.105. The third-order valence-corrected chi connectivity index (χ3v) is 3.92. The number of hydrogen-bond donors (Lipinski definition) is 2. The summed E-state index contributed by atoms with van der Waals surface area (Å²) < 4.78 is 0. The summed E-state index contributed by atoms with van der Waals surface area (Å²) in [7, 11) is 0. The highest BCUT2D eigenvalue weighted by Crippen LogP contribution is 2.27. The normalized spacial score (nSPS) is 10.7. The van der Waals surface area contributed by atoms with Crippen LogP contribution in [0.4, 0.5) is 11.6 Å². The van der Waals surface area contributed by atoms with Crippen LogP contribution in [0.3, 0.4) is 0 Å². The van der Waals surface area contributed by atoms with E-state index in [2.05, 4.69) is 36.3 Å². The van der Waals surface area contributed by atoms with Crippen molar-refractivity contribution in [2.24, 2.45) is 0 Å². The molecular formula is C19H15N7. The molecule has 0 aliphatic rings. The van der Waals surface area contributed by atoms with Crippen molar-refractivity contribution in [3.63, 3.8) is 0 Å². The molecular weight excluding hydrogens is 326 g/mol. The van der Waals surface area contributed by atoms with E-state index in [1.54, 1.807) is 12.3 Å². The molecule has 0 saturated carbocycles. The number of rotatable bonds is 3. The van der Waals surface area contributed by atoms with Gasteiger partial charge in [-0.1, -0.05) is 12.1 Å². The summed E-state index contributed by atoms with van der Waals surface area (Å²) >= 11 is 0. The van der Waals surface area contributed by atoms with Gasteiger partial charge in [0.05, 0.1) is 17.1 Å². The van der Waals surface area contributed by atoms with Crippen LogP contribution in [0.2, 0.25) is 0 Å². The lowest BCUT2D eigenvalue weighted by molar-refractivity contribution is 1.01. The van der Waals surface area contributed by atoms with Crippen LogP contribution >= 0.6 is 0 Å². The first-order chi connectivity index (χ1) is 12.6. The minimum Gasteiger partial charge on any atom is -0.338 e. The molecule has 0 amide bonds. The highest BCUT2D eigenvalue weighted by atomic mass is 15.1. The van der Waals surface area contributed by atoms with Crippen molar-refractivity contribution in [3.8, 4) is 17.5 Å². The lowest BCUT2D eigenvalue weighted by atomic mass is 10.1. The Kier molecular flexibility index (Phi) is 3.78. The molecule has 0 atom stereocenters. The summed E-state index contributed by atoms with van der Waals surface area (Å²) in [5, 5.41) is 12.5. The number of aryl methyl sites for hydroxylation is 2. The first kappa shape index (κ1) is 15.7. The van der Waals surface area contributed by atoms with Gasteiger partial charge in [0.15, 0.2) is 5.82 Å². The summed E-state index contributed by atoms with van der Waals surface area (Å²) in [4.78, 5) is 21.0. The summed E-state index contributed by atoms with van der Waals surface area (Å²) in [5.41, 5.74) is 3.71. The molecule has 26 heavy (non-hydrogen) atoms. The van der Waals surface area contributed by atoms with Gasteiger partial charge in [-0.25, -0.2) is 19.9 Å². The van der Waals surface area contributed by atoms with Crippen molar-refractivity contribution in [2.75, 3.05) is 5.32 Å². The number of pyridine rings is 1. The predicted molar refractivity (Wildman–Crippen MR) is 98.8 cm³/mol. The van der Waals surface area contributed by atoms with Gasteiger partial charge >= 0.3 is 0 Å². The standard InChI is InChI=1S/C19H15N7/c1-11-9-16(23-12(2)22-11)25-19-17-15(7-8-21-19)24-18(26-17)14-6-4-3-5-13(14)10-20/h3-9H,1-2H3,(H,24,26)(H,21,22,23,25). The monoisotopic (exact) mass is 341 g/mol. The second-order valence-corrected chi connectivity index (χ2v) is 5.87. The van der Waals surface area contributed by atoms with Gasteiger partial charge in [-0.2, -0.15) is 5.26 Å². The Morgan fingerprint density at radius 2 is 1.92 bits per heavy atom. The molecule has 7 nitrogen and oxygen atoms in total. The molecule has 3 aromatic heterocycles. The highest BCUT2D eigenvalue weighted by Gasteiger charge is 2.13. The van der Waals surface area contributed by atoms with Crippen LogP contribution in [0.1, 0.15) is 17.1 Å². The van der Waals surface area contributed by atoms with Gasteiger partial charge in [0.1, 0.15) is 23.0 Å². The zero-order valence-corrected chi connectivity index (χ0v) is 14.3. The third kappa shape index (κ3) is 2.84. The largest absolute Gasteiger partial charge is 0.338 e. The SMILES string of the molecule is Cc1cc(Nc2nccc3[nH]c(-c4ccccc4C#N)nc23)nc(C)n1. The van der Waals surface area contributed by atoms with E-state index in [1.807, 2.05) is 44.2 Å². The van der Waals surface area contributed by atoms with Crippen molar-refractivity contribution >= 4 is 22.7 Å². The topological polar surface area (TPSA) is 103 Å². The van der Waals surface area contributed by atoms with E-state index in [-0.39, 0.29) is 0 Å². The van der Waals surface area contributed by atoms with E-state index in [1.165, 1.54) is 0 Å². The van der Waals surface area contributed by atoms with Gasteiger partial charge in [0, 0.05) is 23.5 Å². The molecule has 2 N–H and O–H groups in total. The van der Waals surface area contributed by atoms with E-state index >= 15 is 0 Å². The van der Waals surface area contributed by atoms with Crippen molar-refractivity contribution in [1.29, 1.82) is 5.26 Å². The molecule has 0 saturated heterocycles. The fourth-order valence-electron chi connectivity index (χ4n) is 2.84. The maximum Gasteiger partial charge on any atom is 0.159 e. The number of aromatic nitrogens is 5. The average Bonchev–Trinajstić information content (AvgIpc) is 3.06. The van der Waals surface area contributed by atoms with Crippen LogP contribution in [0.25, 0.3) is 22.4 Å². The molecule has 4 aromatic rings. The molecule has 0 aliphatic heterocycles. The zero-order chi connectivity index (χ0) is 18.1. The molecule has 0 bridgehead atoms. The fourth-order valence-corrected chi connectivity index (χ4v) is 2.84. The van der Waals surface area contributed by atoms with Gasteiger partial charge in [0.25, 0.3) is 0 Å². The lowest BCUT2D eigenvalue weighted by Crippen LogP contribution is -2.00. The Hall–Kier alpha value is -3.79. The molecule has 0 spiro atoms. The molecule has 126 valence electrons. The van der Waals surface area contributed by atoms with Gasteiger partial charge in [-0.15, -0.1) is 0 Å². The number of nitrogens with one attached hydrogen (secondary N) is 2. The van der Waals surface area contributed by atoms with Crippen LogP contribution in [0, 0.1) is 25.2 Å². The molecule has 4 rings (SSSR count). The Bertz CT molecular complexity index is 1130. The van der Waals surface area contributed by atoms with E-state index in [0.717, 1.165) is 16.8 Å². The predicted octanol–water partition coefficient (Wildman–Crippen LogP) is 3.65. The van der Waals surface area contributed by atoms with E-state index in [0.29, 0.717) is 34.4 Å². The van der Waals surface area contributed by atoms with E-state index < -0.39 is 0 Å². The number of imidazole rings is 1. The maximum absolute atomic E-state index is 9.33. The number of nitrogens with zero attached hydrogens (tertiary/aromatic N) is 5. The molecule has 1 aromatic carbocycles. The summed E-state index contributed by atoms with van der Waals surface area (Å²) in [6.07, 6.45) is 1.70. The van der Waals surface area contributed by atoms with Crippen molar-refractivity contribution in [3.05, 3.63) is 59.7 Å². The van der Waals surface area contributed by atoms with E-state index in [4.69, 9.17) is 0 Å². The first-order valence-corrected chi connectivity index (χ1v) is 8.07. The number of aromatic amines is 1. The van der Waals surface area contributed by atoms with E-state index in [9.17, 15) is 5.26 Å². The summed E-state index contributed by atoms with van der Waals surface area (Å²) in [5.74, 6) is 2.57. The quantitative estimate of drug-likeness (QED) is 0.589. The molecule has 0 radical (unpaired) electrons. The lowest BCUT2D eigenvalue weighted by Gasteiger charge is -2.06. The Morgan fingerprint density at radius 1 is 1.08 bits per heavy atom. The number of hydrogen-bond acceptors (Lipinski definition) is 6. The number of nitriles is 1. The number of benzene rings is 1. The second-order valence-electron chi connectivity index (χ2n) is 5.87. The average molecular weight is 341 g/mol. The summed E-state index contributed by atoms with van der Waals surface area (Å²) in [6, 6.07) is 13.3. The van der Waals surface area contributed by atoms with Crippen LogP contribution in [0.15, 0.2) is 42.6 Å².